The third-order valence-electron chi connectivity index (χ3n) is 5.13. The third kappa shape index (κ3) is 6.21. The Labute approximate surface area is 188 Å². The number of methoxy groups -OCH3 is 2. The van der Waals surface area contributed by atoms with Crippen LogP contribution in [0.1, 0.15) is 5.56 Å². The van der Waals surface area contributed by atoms with Crippen LogP contribution < -0.4 is 14.8 Å². The Morgan fingerprint density at radius 1 is 0.844 bits per heavy atom. The SMILES string of the molecule is COc1cccc(NC(=O)CN(C)C(=O)CN(C)Cc2ccc3cc(OC)ccc3c2)c1. The van der Waals surface area contributed by atoms with Gasteiger partial charge in [-0.05, 0) is 53.7 Å². The van der Waals surface area contributed by atoms with E-state index in [9.17, 15) is 9.59 Å². The molecule has 7 heteroatoms. The van der Waals surface area contributed by atoms with E-state index in [4.69, 9.17) is 9.47 Å². The van der Waals surface area contributed by atoms with Crippen LogP contribution in [0.2, 0.25) is 0 Å². The number of anilines is 1. The summed E-state index contributed by atoms with van der Waals surface area (Å²) in [5.41, 5.74) is 1.73. The molecule has 0 atom stereocenters. The molecule has 7 nitrogen and oxygen atoms in total. The van der Waals surface area contributed by atoms with Gasteiger partial charge >= 0.3 is 0 Å². The number of nitrogens with one attached hydrogen (secondary N) is 1. The molecule has 0 aliphatic carbocycles. The van der Waals surface area contributed by atoms with Crippen molar-refractivity contribution in [2.24, 2.45) is 0 Å². The van der Waals surface area contributed by atoms with Gasteiger partial charge in [0.2, 0.25) is 11.8 Å². The Kier molecular flexibility index (Phi) is 7.68. The molecule has 0 saturated heterocycles. The number of benzene rings is 3. The maximum absolute atomic E-state index is 12.6. The van der Waals surface area contributed by atoms with Gasteiger partial charge in [-0.25, -0.2) is 0 Å². The first kappa shape index (κ1) is 23.1. The van der Waals surface area contributed by atoms with E-state index in [1.165, 1.54) is 4.90 Å². The maximum atomic E-state index is 12.6. The van der Waals surface area contributed by atoms with Crippen LogP contribution in [0.25, 0.3) is 10.8 Å². The predicted molar refractivity (Wildman–Crippen MR) is 126 cm³/mol. The number of amides is 2. The number of hydrogen-bond acceptors (Lipinski definition) is 5. The smallest absolute Gasteiger partial charge is 0.243 e. The van der Waals surface area contributed by atoms with Gasteiger partial charge in [0.15, 0.2) is 0 Å². The molecule has 0 radical (unpaired) electrons. The van der Waals surface area contributed by atoms with E-state index in [1.807, 2.05) is 36.2 Å². The highest BCUT2D eigenvalue weighted by Gasteiger charge is 2.15. The molecule has 0 saturated carbocycles. The molecule has 168 valence electrons. The molecule has 0 bridgehead atoms. The van der Waals surface area contributed by atoms with E-state index in [2.05, 4.69) is 17.4 Å². The second-order valence-corrected chi connectivity index (χ2v) is 7.75. The zero-order chi connectivity index (χ0) is 23.1. The summed E-state index contributed by atoms with van der Waals surface area (Å²) in [7, 11) is 6.74. The summed E-state index contributed by atoms with van der Waals surface area (Å²) in [6.45, 7) is 0.808. The summed E-state index contributed by atoms with van der Waals surface area (Å²) in [6, 6.07) is 19.3. The molecule has 0 spiro atoms. The Balaban J connectivity index is 1.51. The number of fused-ring (bicyclic) bond motifs is 1. The molecule has 0 unspecified atom stereocenters. The first-order valence-electron chi connectivity index (χ1n) is 10.3. The van der Waals surface area contributed by atoms with Crippen LogP contribution in [-0.4, -0.2) is 63.0 Å². The number of likely N-dealkylation sites (N-methyl/N-ethyl adjacent to an activating group) is 2. The van der Waals surface area contributed by atoms with Crippen LogP contribution in [0, 0.1) is 0 Å². The van der Waals surface area contributed by atoms with Crippen molar-refractivity contribution in [1.82, 2.24) is 9.80 Å². The predicted octanol–water partition coefficient (Wildman–Crippen LogP) is 3.39. The number of carbonyl (C=O) groups is 2. The van der Waals surface area contributed by atoms with Gasteiger partial charge < -0.3 is 19.7 Å². The Hall–Kier alpha value is -3.58. The molecule has 0 aliphatic rings. The van der Waals surface area contributed by atoms with Crippen LogP contribution in [-0.2, 0) is 16.1 Å². The topological polar surface area (TPSA) is 71.1 Å². The fourth-order valence-electron chi connectivity index (χ4n) is 3.42. The van der Waals surface area contributed by atoms with E-state index in [-0.39, 0.29) is 24.9 Å². The number of carbonyl (C=O) groups excluding carboxylic acids is 2. The Morgan fingerprint density at radius 2 is 1.53 bits per heavy atom. The average molecular weight is 436 g/mol. The van der Waals surface area contributed by atoms with Crippen molar-refractivity contribution in [3.05, 3.63) is 66.2 Å². The average Bonchev–Trinajstić information content (AvgIpc) is 2.78. The Bertz CT molecular complexity index is 1100. The van der Waals surface area contributed by atoms with Crippen molar-refractivity contribution in [2.75, 3.05) is 46.7 Å². The monoisotopic (exact) mass is 435 g/mol. The zero-order valence-corrected chi connectivity index (χ0v) is 18.9. The summed E-state index contributed by atoms with van der Waals surface area (Å²) in [4.78, 5) is 28.3. The van der Waals surface area contributed by atoms with Crippen LogP contribution in [0.5, 0.6) is 11.5 Å². The molecular formula is C25H29N3O4. The van der Waals surface area contributed by atoms with Crippen LogP contribution in [0.3, 0.4) is 0 Å². The van der Waals surface area contributed by atoms with Gasteiger partial charge in [0, 0.05) is 25.3 Å². The van der Waals surface area contributed by atoms with Gasteiger partial charge in [-0.15, -0.1) is 0 Å². The third-order valence-corrected chi connectivity index (χ3v) is 5.13. The molecular weight excluding hydrogens is 406 g/mol. The van der Waals surface area contributed by atoms with Crippen LogP contribution in [0.4, 0.5) is 5.69 Å². The summed E-state index contributed by atoms with van der Waals surface area (Å²) in [6.07, 6.45) is 0. The summed E-state index contributed by atoms with van der Waals surface area (Å²) in [5.74, 6) is 1.09. The fraction of sp³-hybridized carbons (Fsp3) is 0.280. The second kappa shape index (κ2) is 10.6. The van der Waals surface area contributed by atoms with Crippen LogP contribution in [0.15, 0.2) is 60.7 Å². The minimum absolute atomic E-state index is 0.0261. The van der Waals surface area contributed by atoms with Gasteiger partial charge in [-0.2, -0.15) is 0 Å². The van der Waals surface area contributed by atoms with E-state index in [0.717, 1.165) is 22.1 Å². The lowest BCUT2D eigenvalue weighted by Gasteiger charge is -2.22. The highest BCUT2D eigenvalue weighted by atomic mass is 16.5. The van der Waals surface area contributed by atoms with Gasteiger partial charge in [0.05, 0.1) is 27.3 Å². The molecule has 2 amide bonds. The van der Waals surface area contributed by atoms with Gasteiger partial charge in [-0.1, -0.05) is 24.3 Å². The normalized spacial score (nSPS) is 10.8. The molecule has 3 aromatic rings. The molecule has 0 fully saturated rings. The standard InChI is InChI=1S/C25H29N3O4/c1-27(15-18-8-9-20-13-23(32-4)11-10-19(20)12-18)17-25(30)28(2)16-24(29)26-21-6-5-7-22(14-21)31-3/h5-14H,15-17H2,1-4H3,(H,26,29). The lowest BCUT2D eigenvalue weighted by Crippen LogP contribution is -2.40. The maximum Gasteiger partial charge on any atom is 0.243 e. The number of nitrogens with zero attached hydrogens (tertiary/aromatic N) is 2. The summed E-state index contributed by atoms with van der Waals surface area (Å²) in [5, 5.41) is 5.01. The van der Waals surface area contributed by atoms with Crippen molar-refractivity contribution < 1.29 is 19.1 Å². The molecule has 3 aromatic carbocycles. The lowest BCUT2D eigenvalue weighted by molar-refractivity contribution is -0.134. The van der Waals surface area contributed by atoms with Crippen molar-refractivity contribution in [1.29, 1.82) is 0 Å². The summed E-state index contributed by atoms with van der Waals surface area (Å²) < 4.78 is 10.4. The number of ether oxygens (including phenoxy) is 2. The van der Waals surface area contributed by atoms with Crippen molar-refractivity contribution in [3.63, 3.8) is 0 Å². The zero-order valence-electron chi connectivity index (χ0n) is 18.9. The highest BCUT2D eigenvalue weighted by molar-refractivity contribution is 5.94. The molecule has 1 N–H and O–H groups in total. The molecule has 0 aromatic heterocycles. The van der Waals surface area contributed by atoms with Crippen molar-refractivity contribution in [3.8, 4) is 11.5 Å². The highest BCUT2D eigenvalue weighted by Crippen LogP contribution is 2.22. The Morgan fingerprint density at radius 3 is 2.28 bits per heavy atom. The van der Waals surface area contributed by atoms with E-state index in [0.29, 0.717) is 18.0 Å². The van der Waals surface area contributed by atoms with Crippen LogP contribution >= 0.6 is 0 Å². The van der Waals surface area contributed by atoms with Gasteiger partial charge in [0.25, 0.3) is 0 Å². The van der Waals surface area contributed by atoms with E-state index >= 15 is 0 Å². The van der Waals surface area contributed by atoms with Gasteiger partial charge in [-0.3, -0.25) is 14.5 Å². The number of hydrogen-bond donors (Lipinski definition) is 1. The molecule has 0 aliphatic heterocycles. The first-order chi connectivity index (χ1) is 15.4. The minimum Gasteiger partial charge on any atom is -0.497 e. The number of rotatable bonds is 9. The summed E-state index contributed by atoms with van der Waals surface area (Å²) >= 11 is 0. The molecule has 0 heterocycles. The molecule has 3 rings (SSSR count). The minimum atomic E-state index is -0.262. The van der Waals surface area contributed by atoms with Crippen molar-refractivity contribution in [2.45, 2.75) is 6.54 Å². The second-order valence-electron chi connectivity index (χ2n) is 7.75. The fourth-order valence-corrected chi connectivity index (χ4v) is 3.42. The largest absolute Gasteiger partial charge is 0.497 e. The molecule has 32 heavy (non-hydrogen) atoms. The van der Waals surface area contributed by atoms with Crippen molar-refractivity contribution >= 4 is 28.3 Å². The lowest BCUT2D eigenvalue weighted by atomic mass is 10.1. The van der Waals surface area contributed by atoms with Gasteiger partial charge in [0.1, 0.15) is 11.5 Å². The first-order valence-corrected chi connectivity index (χ1v) is 10.3. The quantitative estimate of drug-likeness (QED) is 0.558. The van der Waals surface area contributed by atoms with E-state index < -0.39 is 0 Å². The van der Waals surface area contributed by atoms with E-state index in [1.54, 1.807) is 45.5 Å².